The third kappa shape index (κ3) is 13.3. The minimum absolute atomic E-state index is 0.200. The fourth-order valence-electron chi connectivity index (χ4n) is 20.1. The zero-order valence-electron chi connectivity index (χ0n) is 94.6. The third-order valence-electron chi connectivity index (χ3n) is 26.0. The van der Waals surface area contributed by atoms with Crippen LogP contribution in [0.3, 0.4) is 0 Å². The molecule has 612 valence electrons. The lowest BCUT2D eigenvalue weighted by molar-refractivity contribution is 1.63. The smallest absolute Gasteiger partial charge is 0.0616 e. The average molecular weight is 1690 g/mol. The highest BCUT2D eigenvalue weighted by molar-refractivity contribution is 6.30. The van der Waals surface area contributed by atoms with Crippen molar-refractivity contribution in [1.82, 2.24) is 0 Å². The van der Waals surface area contributed by atoms with E-state index in [-0.39, 0.29) is 137 Å². The van der Waals surface area contributed by atoms with Crippen LogP contribution in [0.25, 0.3) is 262 Å². The van der Waals surface area contributed by atoms with Crippen molar-refractivity contribution in [3.8, 4) is 100 Å². The van der Waals surface area contributed by atoms with Crippen molar-refractivity contribution in [1.29, 1.82) is 0 Å². The van der Waals surface area contributed by atoms with Gasteiger partial charge in [0, 0.05) is 0 Å². The lowest BCUT2D eigenvalue weighted by Gasteiger charge is -2.20. The van der Waals surface area contributed by atoms with Crippen molar-refractivity contribution in [2.45, 2.75) is 0 Å². The molecule has 0 aromatic heterocycles. The van der Waals surface area contributed by atoms with Gasteiger partial charge >= 0.3 is 0 Å². The summed E-state index contributed by atoms with van der Waals surface area (Å²) in [6.07, 6.45) is 0. The Morgan fingerprint density at radius 3 is 0.712 bits per heavy atom. The highest BCUT2D eigenvalue weighted by atomic mass is 14.3. The Balaban J connectivity index is 0.000000120. The fraction of sp³-hybridized carbons (Fsp3) is 0. The Morgan fingerprint density at radius 2 is 0.341 bits per heavy atom. The lowest BCUT2D eigenvalue weighted by Crippen LogP contribution is -1.92. The summed E-state index contributed by atoms with van der Waals surface area (Å²) in [7, 11) is 0. The molecule has 0 N–H and O–H groups in total. The Morgan fingerprint density at radius 1 is 0.106 bits per heavy atom. The summed E-state index contributed by atoms with van der Waals surface area (Å²) in [6, 6.07) is 110. The van der Waals surface area contributed by atoms with Gasteiger partial charge in [-0.15, -0.1) is 0 Å². The zero-order chi connectivity index (χ0) is 108. The minimum Gasteiger partial charge on any atom is -0.0616 e. The van der Waals surface area contributed by atoms with Crippen molar-refractivity contribution in [3.05, 3.63) is 509 Å². The van der Waals surface area contributed by atoms with Gasteiger partial charge < -0.3 is 0 Å². The maximum Gasteiger partial charge on any atom is 0.0629 e. The molecule has 0 bridgehead atoms. The topological polar surface area (TPSA) is 0 Å². The normalized spacial score (nSPS) is 14.2. The van der Waals surface area contributed by atoms with E-state index in [0.29, 0.717) is 66.8 Å². The van der Waals surface area contributed by atoms with Crippen LogP contribution in [0.5, 0.6) is 0 Å². The van der Waals surface area contributed by atoms with E-state index in [1.54, 1.807) is 0 Å². The molecule has 0 heterocycles. The molecular weight excluding hydrogens is 1590 g/mol. The second-order valence-electron chi connectivity index (χ2n) is 33.2. The van der Waals surface area contributed by atoms with Crippen molar-refractivity contribution in [2.75, 3.05) is 0 Å². The number of rotatable bonds is 9. The van der Waals surface area contributed by atoms with Gasteiger partial charge in [-0.2, -0.15) is 0 Å². The molecule has 0 spiro atoms. The van der Waals surface area contributed by atoms with Gasteiger partial charge in [-0.25, -0.2) is 0 Å². The van der Waals surface area contributed by atoms with E-state index >= 15 is 0 Å². The molecule has 0 fully saturated rings. The summed E-state index contributed by atoms with van der Waals surface area (Å²) < 4.78 is 219. The van der Waals surface area contributed by atoms with E-state index in [1.165, 1.54) is 0 Å². The fourth-order valence-corrected chi connectivity index (χ4v) is 20.1. The summed E-state index contributed by atoms with van der Waals surface area (Å²) in [4.78, 5) is 0. The van der Waals surface area contributed by atoms with Crippen LogP contribution in [-0.4, -0.2) is 0 Å². The monoisotopic (exact) mass is 1690 g/mol. The van der Waals surface area contributed by atoms with Crippen molar-refractivity contribution >= 4 is 162 Å². The van der Waals surface area contributed by atoms with Gasteiger partial charge in [0.2, 0.25) is 0 Å². The second-order valence-corrected chi connectivity index (χ2v) is 33.2. The second kappa shape index (κ2) is 32.6. The number of fused-ring (bicyclic) bond motifs is 18. The molecule has 0 radical (unpaired) electrons. The van der Waals surface area contributed by atoms with Gasteiger partial charge in [0.1, 0.15) is 0 Å². The van der Waals surface area contributed by atoms with Gasteiger partial charge in [0.15, 0.2) is 0 Å². The molecule has 0 aliphatic heterocycles. The van der Waals surface area contributed by atoms with Crippen LogP contribution in [0.4, 0.5) is 0 Å². The Labute approximate surface area is 799 Å². The summed E-state index contributed by atoms with van der Waals surface area (Å²) in [6.45, 7) is 0. The van der Waals surface area contributed by atoms with Gasteiger partial charge in [0.25, 0.3) is 0 Å². The van der Waals surface area contributed by atoms with Crippen molar-refractivity contribution in [2.24, 2.45) is 0 Å². The Kier molecular flexibility index (Phi) is 13.9. The van der Waals surface area contributed by atoms with Gasteiger partial charge in [0.05, 0.1) is 32.9 Å². The zero-order valence-corrected chi connectivity index (χ0v) is 70.6. The van der Waals surface area contributed by atoms with Crippen LogP contribution in [0.1, 0.15) is 32.9 Å². The average Bonchev–Trinajstić information content (AvgIpc) is 0.699. The lowest BCUT2D eigenvalue weighted by atomic mass is 9.83. The van der Waals surface area contributed by atoms with Gasteiger partial charge in [-0.05, 0) is 304 Å². The maximum atomic E-state index is 9.43. The predicted molar refractivity (Wildman–Crippen MR) is 571 cm³/mol. The van der Waals surface area contributed by atoms with Crippen LogP contribution >= 0.6 is 0 Å². The molecule has 27 rings (SSSR count). The van der Waals surface area contributed by atoms with Gasteiger partial charge in [-0.1, -0.05) is 467 Å². The molecule has 0 atom stereocenters. The molecule has 27 aromatic rings. The van der Waals surface area contributed by atoms with Crippen LogP contribution in [0, 0.1) is 0 Å². The van der Waals surface area contributed by atoms with E-state index in [9.17, 15) is 16.4 Å². The van der Waals surface area contributed by atoms with E-state index in [1.807, 2.05) is 309 Å². The van der Waals surface area contributed by atoms with E-state index in [2.05, 4.69) is 54.6 Å². The number of benzene rings is 27. The third-order valence-corrected chi connectivity index (χ3v) is 26.0. The summed E-state index contributed by atoms with van der Waals surface area (Å²) in [5, 5.41) is 19.8. The van der Waals surface area contributed by atoms with E-state index in [0.717, 1.165) is 130 Å². The molecule has 132 heavy (non-hydrogen) atoms. The van der Waals surface area contributed by atoms with Crippen molar-refractivity contribution < 1.29 is 32.9 Å². The Hall–Kier alpha value is -17.2. The quantitative estimate of drug-likeness (QED) is 0.0998. The molecule has 0 nitrogen and oxygen atoms in total. The summed E-state index contributed by atoms with van der Waals surface area (Å²) >= 11 is 0. The molecule has 0 aliphatic carbocycles. The summed E-state index contributed by atoms with van der Waals surface area (Å²) in [5.41, 5.74) is 11.2. The molecule has 0 heteroatoms. The first-order chi connectivity index (χ1) is 75.5. The maximum absolute atomic E-state index is 9.43. The molecule has 0 saturated heterocycles. The largest absolute Gasteiger partial charge is 0.0629 e. The number of hydrogen-bond acceptors (Lipinski definition) is 0. The number of hydrogen-bond donors (Lipinski definition) is 0. The molecule has 0 saturated carbocycles. The molecular formula is C132H84. The molecule has 27 aromatic carbocycles. The predicted octanol–water partition coefficient (Wildman–Crippen LogP) is 37.4. The van der Waals surface area contributed by atoms with Crippen LogP contribution in [0.15, 0.2) is 509 Å². The molecule has 0 aliphatic rings. The standard InChI is InChI=1S/3C44H28/c1-3-18-33-29(13-1)15-12-26-34(33)30-16-11-17-32(27-30)43-38-22-7-9-24-40(38)44(41-25-10-8-23-39(41)43)42-28-31-14-2-4-19-35(31)36-20-5-6-21-37(36)42;1-2-13-30-26-32(25-24-29(30)12-1)31-15-11-16-34(27-31)43-38-20-7-9-22-40(38)44(41-23-10-8-21-39(41)43)42-28-33-14-3-4-17-35(33)36-18-5-6-19-37(36)42;1-2-12-32-27-33(26-23-29(32)11-1)30-21-24-31(25-22-30)43-38-17-7-9-19-40(38)44(41-20-10-8-18-39(41)43)42-28-34-13-3-4-14-35(34)36-15-5-6-16-37(36)42/h3*1-28H/i7D,8D,9D,10D,22D,23D,24D,25D;7D,8D,9D,10D,20D,21D,22D,23D;7D,8D,9D,10D,17D,18D,19D,20D. The van der Waals surface area contributed by atoms with Gasteiger partial charge in [-0.3, -0.25) is 0 Å². The first-order valence-corrected chi connectivity index (χ1v) is 43.9. The van der Waals surface area contributed by atoms with Crippen LogP contribution < -0.4 is 0 Å². The highest BCUT2D eigenvalue weighted by Gasteiger charge is 2.25. The SMILES string of the molecule is [2H]c1c([2H])c([2H])c2c(-c3cc4ccccc4c4ccccc34)c3c([2H])c([2H])c([2H])c([2H])c3c(-c3ccc(-c4ccc5ccccc5c4)cc3)c2c1[2H].[2H]c1c([2H])c([2H])c2c(-c3cc4ccccc4c4ccccc34)c3c([2H])c([2H])c([2H])c([2H])c3c(-c3cccc(-c4ccc5ccccc5c4)c3)c2c1[2H].[2H]c1c([2H])c([2H])c2c(-c3cc4ccccc4c4ccccc34)c3c([2H])c([2H])c([2H])c([2H])c3c(-c3cccc(-c4cccc5ccccc45)c3)c2c1[2H]. The van der Waals surface area contributed by atoms with Crippen molar-refractivity contribution in [3.63, 3.8) is 0 Å². The Bertz CT molecular complexity index is 10700. The molecule has 0 unspecified atom stereocenters. The van der Waals surface area contributed by atoms with E-state index in [4.69, 9.17) is 16.4 Å². The minimum atomic E-state index is -0.418. The van der Waals surface area contributed by atoms with Crippen LogP contribution in [-0.2, 0) is 0 Å². The van der Waals surface area contributed by atoms with Crippen LogP contribution in [0.2, 0.25) is 0 Å². The highest BCUT2D eigenvalue weighted by Crippen LogP contribution is 2.52. The first kappa shape index (κ1) is 56.1. The van der Waals surface area contributed by atoms with E-state index < -0.39 is 72.5 Å². The summed E-state index contributed by atoms with van der Waals surface area (Å²) in [5.74, 6) is 0. The first-order valence-electron chi connectivity index (χ1n) is 55.9. The molecule has 0 amide bonds.